The standard InChI is InChI=1S/C15H26O4/c1-2-3-4-5-11(17)6-7-12-13(8-9-16)15(19)10-14(12)18/h11-19H,2-5,8-10H2,1H3/t11-,12+,13+,14+,15-/m0/s1. The summed E-state index contributed by atoms with van der Waals surface area (Å²) in [6, 6.07) is 0. The predicted molar refractivity (Wildman–Crippen MR) is 73.2 cm³/mol. The molecule has 5 atom stereocenters. The van der Waals surface area contributed by atoms with Crippen LogP contribution in [0.3, 0.4) is 0 Å². The van der Waals surface area contributed by atoms with E-state index in [0.717, 1.165) is 19.3 Å². The molecule has 1 aliphatic carbocycles. The van der Waals surface area contributed by atoms with E-state index in [9.17, 15) is 15.3 Å². The lowest BCUT2D eigenvalue weighted by Gasteiger charge is -2.17. The summed E-state index contributed by atoms with van der Waals surface area (Å²) in [6.45, 7) is 2.08. The van der Waals surface area contributed by atoms with Crippen molar-refractivity contribution < 1.29 is 20.4 Å². The van der Waals surface area contributed by atoms with Gasteiger partial charge in [0, 0.05) is 18.9 Å². The van der Waals surface area contributed by atoms with Crippen LogP contribution < -0.4 is 0 Å². The quantitative estimate of drug-likeness (QED) is 0.422. The first-order chi connectivity index (χ1) is 9.10. The van der Waals surface area contributed by atoms with Crippen LogP contribution in [0.4, 0.5) is 0 Å². The van der Waals surface area contributed by atoms with Gasteiger partial charge in [0.15, 0.2) is 0 Å². The molecular formula is C15H26O4. The molecule has 0 spiro atoms. The molecule has 0 unspecified atom stereocenters. The van der Waals surface area contributed by atoms with Crippen molar-refractivity contribution in [3.8, 4) is 11.8 Å². The third kappa shape index (κ3) is 5.12. The van der Waals surface area contributed by atoms with Crippen LogP contribution in [0.15, 0.2) is 0 Å². The highest BCUT2D eigenvalue weighted by Gasteiger charge is 2.40. The van der Waals surface area contributed by atoms with Crippen LogP contribution in [0, 0.1) is 23.7 Å². The first-order valence-electron chi connectivity index (χ1n) is 7.26. The number of aliphatic hydroxyl groups is 4. The fourth-order valence-electron chi connectivity index (χ4n) is 2.67. The maximum atomic E-state index is 9.86. The van der Waals surface area contributed by atoms with Gasteiger partial charge in [-0.05, 0) is 19.3 Å². The Morgan fingerprint density at radius 3 is 2.58 bits per heavy atom. The molecule has 19 heavy (non-hydrogen) atoms. The molecule has 4 N–H and O–H groups in total. The van der Waals surface area contributed by atoms with E-state index in [4.69, 9.17) is 5.11 Å². The molecule has 1 rings (SSSR count). The molecule has 4 heteroatoms. The highest BCUT2D eigenvalue weighted by molar-refractivity contribution is 5.14. The van der Waals surface area contributed by atoms with Crippen molar-refractivity contribution in [3.63, 3.8) is 0 Å². The summed E-state index contributed by atoms with van der Waals surface area (Å²) in [7, 11) is 0. The third-order valence-electron chi connectivity index (χ3n) is 3.81. The Morgan fingerprint density at radius 2 is 1.95 bits per heavy atom. The summed E-state index contributed by atoms with van der Waals surface area (Å²) in [5.74, 6) is 5.13. The van der Waals surface area contributed by atoms with Gasteiger partial charge < -0.3 is 20.4 Å². The summed E-state index contributed by atoms with van der Waals surface area (Å²) < 4.78 is 0. The Balaban J connectivity index is 2.53. The zero-order valence-electron chi connectivity index (χ0n) is 11.6. The number of hydrogen-bond acceptors (Lipinski definition) is 4. The zero-order chi connectivity index (χ0) is 14.3. The maximum absolute atomic E-state index is 9.86. The molecule has 0 bridgehead atoms. The molecule has 4 nitrogen and oxygen atoms in total. The van der Waals surface area contributed by atoms with Crippen molar-refractivity contribution in [2.75, 3.05) is 6.61 Å². The van der Waals surface area contributed by atoms with Crippen molar-refractivity contribution >= 4 is 0 Å². The molecule has 0 aromatic rings. The largest absolute Gasteiger partial charge is 0.396 e. The van der Waals surface area contributed by atoms with Crippen molar-refractivity contribution in [1.29, 1.82) is 0 Å². The number of hydrogen-bond donors (Lipinski definition) is 4. The van der Waals surface area contributed by atoms with E-state index in [-0.39, 0.29) is 18.4 Å². The summed E-state index contributed by atoms with van der Waals surface area (Å²) in [5.41, 5.74) is 0. The van der Waals surface area contributed by atoms with Gasteiger partial charge in [0.25, 0.3) is 0 Å². The predicted octanol–water partition coefficient (Wildman–Crippen LogP) is 0.671. The molecule has 0 amide bonds. The first kappa shape index (κ1) is 16.5. The molecule has 1 fully saturated rings. The zero-order valence-corrected chi connectivity index (χ0v) is 11.6. The molecule has 0 aromatic carbocycles. The summed E-state index contributed by atoms with van der Waals surface area (Å²) >= 11 is 0. The van der Waals surface area contributed by atoms with Gasteiger partial charge in [0.05, 0.1) is 18.1 Å². The Morgan fingerprint density at radius 1 is 1.21 bits per heavy atom. The Bertz CT molecular complexity index is 307. The topological polar surface area (TPSA) is 80.9 Å². The third-order valence-corrected chi connectivity index (χ3v) is 3.81. The molecule has 0 aromatic heterocycles. The van der Waals surface area contributed by atoms with E-state index in [0.29, 0.717) is 19.3 Å². The number of aliphatic hydroxyl groups excluding tert-OH is 4. The SMILES string of the molecule is CCCCC[C@H](O)C#C[C@@H]1[C@@H](CCO)[C@@H](O)C[C@H]1O. The van der Waals surface area contributed by atoms with Crippen LogP contribution in [0.2, 0.25) is 0 Å². The highest BCUT2D eigenvalue weighted by Crippen LogP contribution is 2.34. The van der Waals surface area contributed by atoms with Gasteiger partial charge in [-0.3, -0.25) is 0 Å². The highest BCUT2D eigenvalue weighted by atomic mass is 16.3. The Hall–Kier alpha value is -0.600. The van der Waals surface area contributed by atoms with Gasteiger partial charge >= 0.3 is 0 Å². The first-order valence-corrected chi connectivity index (χ1v) is 7.26. The van der Waals surface area contributed by atoms with Crippen molar-refractivity contribution in [2.45, 2.75) is 63.8 Å². The van der Waals surface area contributed by atoms with E-state index < -0.39 is 18.3 Å². The smallest absolute Gasteiger partial charge is 0.114 e. The minimum Gasteiger partial charge on any atom is -0.396 e. The second-order valence-electron chi connectivity index (χ2n) is 5.37. The minimum atomic E-state index is -0.665. The molecule has 0 heterocycles. The van der Waals surface area contributed by atoms with E-state index in [2.05, 4.69) is 18.8 Å². The number of unbranched alkanes of at least 4 members (excludes halogenated alkanes) is 2. The summed E-state index contributed by atoms with van der Waals surface area (Å²) in [6.07, 6.45) is 2.58. The normalized spacial score (nSPS) is 31.8. The van der Waals surface area contributed by atoms with Crippen LogP contribution in [-0.2, 0) is 0 Å². The van der Waals surface area contributed by atoms with E-state index in [1.807, 2.05) is 0 Å². The van der Waals surface area contributed by atoms with Crippen molar-refractivity contribution in [1.82, 2.24) is 0 Å². The second-order valence-corrected chi connectivity index (χ2v) is 5.37. The lowest BCUT2D eigenvalue weighted by atomic mass is 9.91. The monoisotopic (exact) mass is 270 g/mol. The van der Waals surface area contributed by atoms with Crippen LogP contribution >= 0.6 is 0 Å². The Kier molecular flexibility index (Phi) is 7.40. The lowest BCUT2D eigenvalue weighted by molar-refractivity contribution is 0.104. The van der Waals surface area contributed by atoms with Crippen LogP contribution in [0.25, 0.3) is 0 Å². The molecule has 1 aliphatic rings. The van der Waals surface area contributed by atoms with Crippen LogP contribution in [-0.4, -0.2) is 45.3 Å². The van der Waals surface area contributed by atoms with Gasteiger partial charge in [0.2, 0.25) is 0 Å². The molecule has 0 saturated heterocycles. The maximum Gasteiger partial charge on any atom is 0.114 e. The molecule has 0 radical (unpaired) electrons. The van der Waals surface area contributed by atoms with Crippen molar-refractivity contribution in [2.24, 2.45) is 11.8 Å². The average molecular weight is 270 g/mol. The van der Waals surface area contributed by atoms with Gasteiger partial charge in [-0.1, -0.05) is 31.6 Å². The van der Waals surface area contributed by atoms with Gasteiger partial charge in [-0.25, -0.2) is 0 Å². The molecule has 1 saturated carbocycles. The van der Waals surface area contributed by atoms with E-state index in [1.165, 1.54) is 0 Å². The minimum absolute atomic E-state index is 0.0221. The van der Waals surface area contributed by atoms with E-state index >= 15 is 0 Å². The van der Waals surface area contributed by atoms with Crippen LogP contribution in [0.5, 0.6) is 0 Å². The molecule has 110 valence electrons. The van der Waals surface area contributed by atoms with Gasteiger partial charge in [0.1, 0.15) is 6.10 Å². The van der Waals surface area contributed by atoms with E-state index in [1.54, 1.807) is 0 Å². The number of rotatable bonds is 6. The summed E-state index contributed by atoms with van der Waals surface area (Å²) in [4.78, 5) is 0. The average Bonchev–Trinajstić information content (AvgIpc) is 2.63. The fourth-order valence-corrected chi connectivity index (χ4v) is 2.67. The van der Waals surface area contributed by atoms with Crippen LogP contribution in [0.1, 0.15) is 45.4 Å². The molecular weight excluding hydrogens is 244 g/mol. The summed E-state index contributed by atoms with van der Waals surface area (Å²) in [5, 5.41) is 38.4. The fraction of sp³-hybridized carbons (Fsp3) is 0.867. The van der Waals surface area contributed by atoms with Gasteiger partial charge in [-0.15, -0.1) is 0 Å². The van der Waals surface area contributed by atoms with Crippen molar-refractivity contribution in [3.05, 3.63) is 0 Å². The second kappa shape index (κ2) is 8.55. The molecule has 0 aliphatic heterocycles. The van der Waals surface area contributed by atoms with Gasteiger partial charge in [-0.2, -0.15) is 0 Å². The lowest BCUT2D eigenvalue weighted by Crippen LogP contribution is -2.22. The Labute approximate surface area is 115 Å².